The number of ether oxygens (including phenoxy) is 3. The van der Waals surface area contributed by atoms with Crippen LogP contribution in [0.3, 0.4) is 0 Å². The third kappa shape index (κ3) is 6.91. The van der Waals surface area contributed by atoms with Crippen molar-refractivity contribution in [3.63, 3.8) is 0 Å². The Morgan fingerprint density at radius 1 is 1.29 bits per heavy atom. The van der Waals surface area contributed by atoms with Crippen LogP contribution in [0.25, 0.3) is 0 Å². The molecule has 1 aliphatic heterocycles. The molecule has 2 rings (SSSR count). The molecule has 0 radical (unpaired) electrons. The highest BCUT2D eigenvalue weighted by Gasteiger charge is 2.27. The monoisotopic (exact) mass is 399 g/mol. The molecular formula is C17H25N3O8. The van der Waals surface area contributed by atoms with Gasteiger partial charge in [0.15, 0.2) is 11.5 Å². The number of fused-ring (bicyclic) bond motifs is 1. The Bertz CT molecular complexity index is 695. The number of hydrogen-bond donors (Lipinski definition) is 3. The fraction of sp³-hybridized carbons (Fsp3) is 0.529. The SMILES string of the molecule is CC(OC(=O)NCCCCCC(=O)O)c1cc2c(cc1[N+](=O)[O-])OCO2.CN. The van der Waals surface area contributed by atoms with E-state index in [9.17, 15) is 19.7 Å². The second-order valence-corrected chi connectivity index (χ2v) is 5.70. The number of hydrogen-bond acceptors (Lipinski definition) is 8. The fourth-order valence-corrected chi connectivity index (χ4v) is 2.46. The van der Waals surface area contributed by atoms with Gasteiger partial charge in [0.25, 0.3) is 5.69 Å². The summed E-state index contributed by atoms with van der Waals surface area (Å²) in [7, 11) is 1.50. The van der Waals surface area contributed by atoms with E-state index in [4.69, 9.17) is 19.3 Å². The average Bonchev–Trinajstić information content (AvgIpc) is 3.12. The molecule has 0 aliphatic carbocycles. The Morgan fingerprint density at radius 2 is 1.93 bits per heavy atom. The summed E-state index contributed by atoms with van der Waals surface area (Å²) >= 11 is 0. The topological polar surface area (TPSA) is 163 Å². The molecule has 0 saturated heterocycles. The molecule has 0 bridgehead atoms. The molecule has 11 heteroatoms. The smallest absolute Gasteiger partial charge is 0.407 e. The summed E-state index contributed by atoms with van der Waals surface area (Å²) in [4.78, 5) is 32.9. The van der Waals surface area contributed by atoms with Gasteiger partial charge in [-0.1, -0.05) is 6.42 Å². The van der Waals surface area contributed by atoms with Crippen molar-refractivity contribution in [2.45, 2.75) is 38.7 Å². The van der Waals surface area contributed by atoms with Gasteiger partial charge in [0.1, 0.15) is 6.10 Å². The van der Waals surface area contributed by atoms with Crippen molar-refractivity contribution in [1.29, 1.82) is 0 Å². The van der Waals surface area contributed by atoms with E-state index in [0.717, 1.165) is 0 Å². The number of carbonyl (C=O) groups is 2. The molecule has 156 valence electrons. The van der Waals surface area contributed by atoms with E-state index < -0.39 is 23.1 Å². The zero-order valence-corrected chi connectivity index (χ0v) is 15.8. The van der Waals surface area contributed by atoms with Crippen molar-refractivity contribution >= 4 is 17.7 Å². The minimum Gasteiger partial charge on any atom is -0.481 e. The summed E-state index contributed by atoms with van der Waals surface area (Å²) in [5.41, 5.74) is 4.49. The normalized spacial score (nSPS) is 12.4. The molecule has 11 nitrogen and oxygen atoms in total. The van der Waals surface area contributed by atoms with E-state index in [1.54, 1.807) is 0 Å². The number of rotatable bonds is 9. The highest BCUT2D eigenvalue weighted by molar-refractivity contribution is 5.68. The second-order valence-electron chi connectivity index (χ2n) is 5.70. The molecule has 1 aromatic carbocycles. The predicted octanol–water partition coefficient (Wildman–Crippen LogP) is 2.33. The molecule has 1 unspecified atom stereocenters. The number of benzene rings is 1. The van der Waals surface area contributed by atoms with Gasteiger partial charge in [-0.05, 0) is 32.9 Å². The van der Waals surface area contributed by atoms with E-state index >= 15 is 0 Å². The van der Waals surface area contributed by atoms with Gasteiger partial charge in [0.05, 0.1) is 16.6 Å². The quantitative estimate of drug-likeness (QED) is 0.321. The van der Waals surface area contributed by atoms with Gasteiger partial charge in [-0.25, -0.2) is 4.79 Å². The van der Waals surface area contributed by atoms with E-state index in [1.165, 1.54) is 26.1 Å². The van der Waals surface area contributed by atoms with E-state index in [-0.39, 0.29) is 30.2 Å². The number of amides is 1. The lowest BCUT2D eigenvalue weighted by Crippen LogP contribution is -2.26. The number of nitrogens with two attached hydrogens (primary N) is 1. The van der Waals surface area contributed by atoms with Crippen molar-refractivity contribution < 1.29 is 33.8 Å². The van der Waals surface area contributed by atoms with Gasteiger partial charge < -0.3 is 30.4 Å². The Labute approximate surface area is 161 Å². The van der Waals surface area contributed by atoms with Crippen LogP contribution in [0.5, 0.6) is 11.5 Å². The summed E-state index contributed by atoms with van der Waals surface area (Å²) in [6.45, 7) is 1.83. The maximum absolute atomic E-state index is 11.8. The molecular weight excluding hydrogens is 374 g/mol. The number of alkyl carbamates (subject to hydrolysis) is 1. The minimum atomic E-state index is -0.864. The molecule has 28 heavy (non-hydrogen) atoms. The minimum absolute atomic E-state index is 0.0203. The number of carboxylic acid groups (broad SMARTS) is 1. The maximum Gasteiger partial charge on any atom is 0.407 e. The first-order valence-corrected chi connectivity index (χ1v) is 8.70. The summed E-state index contributed by atoms with van der Waals surface area (Å²) in [5.74, 6) is -0.213. The number of unbranched alkanes of at least 4 members (excludes halogenated alkanes) is 2. The van der Waals surface area contributed by atoms with Crippen LogP contribution in [-0.2, 0) is 9.53 Å². The van der Waals surface area contributed by atoms with Crippen LogP contribution < -0.4 is 20.5 Å². The van der Waals surface area contributed by atoms with E-state index in [1.807, 2.05) is 0 Å². The number of nitrogens with one attached hydrogen (secondary N) is 1. The average molecular weight is 399 g/mol. The Balaban J connectivity index is 0.00000190. The summed E-state index contributed by atoms with van der Waals surface area (Å²) in [6.07, 6.45) is 0.331. The standard InChI is InChI=1S/C16H20N2O8.CH5N/c1-10(26-16(21)17-6-4-2-3-5-15(19)20)11-7-13-14(25-9-24-13)8-12(11)18(22)23;1-2/h7-8,10H,2-6,9H2,1H3,(H,17,21)(H,19,20);2H2,1H3. The molecule has 1 heterocycles. The largest absolute Gasteiger partial charge is 0.481 e. The van der Waals surface area contributed by atoms with E-state index in [0.29, 0.717) is 31.6 Å². The Hall–Kier alpha value is -3.08. The maximum atomic E-state index is 11.8. The van der Waals surface area contributed by atoms with E-state index in [2.05, 4.69) is 11.1 Å². The van der Waals surface area contributed by atoms with Gasteiger partial charge in [-0.2, -0.15) is 0 Å². The van der Waals surface area contributed by atoms with Crippen LogP contribution in [0, 0.1) is 10.1 Å². The zero-order valence-electron chi connectivity index (χ0n) is 15.8. The third-order valence-corrected chi connectivity index (χ3v) is 3.78. The molecule has 4 N–H and O–H groups in total. The molecule has 0 saturated carbocycles. The van der Waals surface area contributed by atoms with Gasteiger partial charge in [0.2, 0.25) is 6.79 Å². The van der Waals surface area contributed by atoms with Gasteiger partial charge in [-0.3, -0.25) is 14.9 Å². The summed E-state index contributed by atoms with van der Waals surface area (Å²) < 4.78 is 15.5. The lowest BCUT2D eigenvalue weighted by molar-refractivity contribution is -0.386. The third-order valence-electron chi connectivity index (χ3n) is 3.78. The number of nitro benzene ring substituents is 1. The van der Waals surface area contributed by atoms with Crippen LogP contribution in [-0.4, -0.2) is 42.5 Å². The number of aliphatic carboxylic acids is 1. The molecule has 0 spiro atoms. The zero-order chi connectivity index (χ0) is 21.1. The Morgan fingerprint density at radius 3 is 2.54 bits per heavy atom. The highest BCUT2D eigenvalue weighted by atomic mass is 16.7. The first-order chi connectivity index (χ1) is 13.4. The number of nitrogens with zero attached hydrogens (tertiary/aromatic N) is 1. The fourth-order valence-electron chi connectivity index (χ4n) is 2.46. The lowest BCUT2D eigenvalue weighted by atomic mass is 10.1. The van der Waals surface area contributed by atoms with Crippen LogP contribution in [0.2, 0.25) is 0 Å². The first kappa shape index (κ1) is 23.0. The molecule has 1 atom stereocenters. The van der Waals surface area contributed by atoms with Gasteiger partial charge >= 0.3 is 12.1 Å². The van der Waals surface area contributed by atoms with Crippen molar-refractivity contribution in [2.75, 3.05) is 20.4 Å². The lowest BCUT2D eigenvalue weighted by Gasteiger charge is -2.15. The van der Waals surface area contributed by atoms with Crippen LogP contribution in [0.4, 0.5) is 10.5 Å². The van der Waals surface area contributed by atoms with Crippen LogP contribution in [0.15, 0.2) is 12.1 Å². The van der Waals surface area contributed by atoms with Crippen molar-refractivity contribution in [3.8, 4) is 11.5 Å². The molecule has 0 aromatic heterocycles. The second kappa shape index (κ2) is 11.6. The van der Waals surface area contributed by atoms with Crippen LogP contribution in [0.1, 0.15) is 44.3 Å². The number of nitro groups is 1. The molecule has 0 fully saturated rings. The molecule has 1 amide bonds. The van der Waals surface area contributed by atoms with Gasteiger partial charge in [-0.15, -0.1) is 0 Å². The molecule has 1 aromatic rings. The van der Waals surface area contributed by atoms with Crippen molar-refractivity contribution in [3.05, 3.63) is 27.8 Å². The van der Waals surface area contributed by atoms with Crippen molar-refractivity contribution in [1.82, 2.24) is 5.32 Å². The van der Waals surface area contributed by atoms with Crippen LogP contribution >= 0.6 is 0 Å². The predicted molar refractivity (Wildman–Crippen MR) is 98.3 cm³/mol. The molecule has 1 aliphatic rings. The van der Waals surface area contributed by atoms with Gasteiger partial charge in [0, 0.05) is 13.0 Å². The number of carboxylic acids is 1. The Kier molecular flexibility index (Phi) is 9.51. The van der Waals surface area contributed by atoms with Crippen molar-refractivity contribution in [2.24, 2.45) is 5.73 Å². The highest BCUT2D eigenvalue weighted by Crippen LogP contribution is 2.40. The first-order valence-electron chi connectivity index (χ1n) is 8.70. The summed E-state index contributed by atoms with van der Waals surface area (Å²) in [6, 6.07) is 2.68. The summed E-state index contributed by atoms with van der Waals surface area (Å²) in [5, 5.41) is 22.3. The number of carbonyl (C=O) groups excluding carboxylic acids is 1.